The molecule has 2 fully saturated rings. The predicted octanol–water partition coefficient (Wildman–Crippen LogP) is 2.85. The Morgan fingerprint density at radius 1 is 1.26 bits per heavy atom. The van der Waals surface area contributed by atoms with Gasteiger partial charge < -0.3 is 14.6 Å². The van der Waals surface area contributed by atoms with Gasteiger partial charge in [0.2, 0.25) is 0 Å². The summed E-state index contributed by atoms with van der Waals surface area (Å²) in [7, 11) is 1.60. The molecule has 1 aromatic rings. The summed E-state index contributed by atoms with van der Waals surface area (Å²) in [5, 5.41) is 9.74. The van der Waals surface area contributed by atoms with Crippen molar-refractivity contribution < 1.29 is 19.4 Å². The summed E-state index contributed by atoms with van der Waals surface area (Å²) in [6, 6.07) is 6.71. The highest BCUT2D eigenvalue weighted by Crippen LogP contribution is 2.30. The number of hydrogen-bond donors (Lipinski definition) is 1. The topological polar surface area (TPSA) is 59.0 Å². The van der Waals surface area contributed by atoms with Gasteiger partial charge in [0.15, 0.2) is 0 Å². The molecule has 5 nitrogen and oxygen atoms in total. The number of aliphatic carboxylic acids is 1. The highest BCUT2D eigenvalue weighted by atomic mass is 16.5. The van der Waals surface area contributed by atoms with E-state index in [0.29, 0.717) is 18.4 Å². The Bertz CT molecular complexity index is 544. The van der Waals surface area contributed by atoms with Crippen LogP contribution >= 0.6 is 0 Å². The van der Waals surface area contributed by atoms with Crippen molar-refractivity contribution in [1.29, 1.82) is 0 Å². The van der Waals surface area contributed by atoms with Gasteiger partial charge in [-0.15, -0.1) is 0 Å². The molecule has 5 heteroatoms. The van der Waals surface area contributed by atoms with Gasteiger partial charge in [0.1, 0.15) is 11.8 Å². The van der Waals surface area contributed by atoms with E-state index >= 15 is 0 Å². The molecule has 0 spiro atoms. The summed E-state index contributed by atoms with van der Waals surface area (Å²) in [5.74, 6) is -0.129. The molecule has 0 amide bonds. The average molecular weight is 319 g/mol. The largest absolute Gasteiger partial charge is 0.497 e. The van der Waals surface area contributed by atoms with E-state index in [4.69, 9.17) is 9.47 Å². The van der Waals surface area contributed by atoms with Gasteiger partial charge in [-0.2, -0.15) is 0 Å². The van der Waals surface area contributed by atoms with Crippen molar-refractivity contribution in [2.24, 2.45) is 0 Å². The summed E-state index contributed by atoms with van der Waals surface area (Å²) in [6.45, 7) is 1.48. The van der Waals surface area contributed by atoms with Gasteiger partial charge >= 0.3 is 5.97 Å². The number of methoxy groups -OCH3 is 1. The van der Waals surface area contributed by atoms with Crippen molar-refractivity contribution in [3.05, 3.63) is 29.8 Å². The number of likely N-dealkylation sites (tertiary alicyclic amines) is 1. The lowest BCUT2D eigenvalue weighted by atomic mass is 9.95. The lowest BCUT2D eigenvalue weighted by Crippen LogP contribution is -2.45. The second kappa shape index (κ2) is 7.32. The molecular formula is C18H25NO4. The molecule has 0 bridgehead atoms. The van der Waals surface area contributed by atoms with Crippen LogP contribution in [0.2, 0.25) is 0 Å². The van der Waals surface area contributed by atoms with Crippen LogP contribution < -0.4 is 4.74 Å². The van der Waals surface area contributed by atoms with Gasteiger partial charge in [0.25, 0.3) is 0 Å². The number of piperidine rings is 1. The van der Waals surface area contributed by atoms with Crippen LogP contribution in [0.1, 0.15) is 43.7 Å². The van der Waals surface area contributed by atoms with Crippen molar-refractivity contribution in [1.82, 2.24) is 4.90 Å². The number of carbonyl (C=O) groups is 1. The minimum Gasteiger partial charge on any atom is -0.497 e. The third kappa shape index (κ3) is 3.85. The van der Waals surface area contributed by atoms with Crippen LogP contribution in [0.15, 0.2) is 24.3 Å². The summed E-state index contributed by atoms with van der Waals surface area (Å²) >= 11 is 0. The molecule has 1 N–H and O–H groups in total. The Hall–Kier alpha value is -1.59. The standard InChI is InChI=1S/C18H25NO4/c1-22-15-8-2-5-13(11-15)17(18(20)21)19-10-4-9-16(12-19)23-14-6-3-7-14/h2,5,8,11,14,16-17H,3-4,6-7,9-10,12H2,1H3,(H,20,21). The first-order chi connectivity index (χ1) is 11.2. The van der Waals surface area contributed by atoms with E-state index in [1.165, 1.54) is 6.42 Å². The second-order valence-electron chi connectivity index (χ2n) is 6.47. The van der Waals surface area contributed by atoms with E-state index in [1.54, 1.807) is 7.11 Å². The number of hydrogen-bond acceptors (Lipinski definition) is 4. The van der Waals surface area contributed by atoms with E-state index in [1.807, 2.05) is 29.2 Å². The first-order valence-corrected chi connectivity index (χ1v) is 8.43. The van der Waals surface area contributed by atoms with E-state index in [2.05, 4.69) is 0 Å². The molecule has 1 aliphatic heterocycles. The highest BCUT2D eigenvalue weighted by Gasteiger charge is 2.33. The third-order valence-electron chi connectivity index (χ3n) is 4.86. The minimum atomic E-state index is -0.817. The number of carboxylic acid groups (broad SMARTS) is 1. The predicted molar refractivity (Wildman–Crippen MR) is 86.7 cm³/mol. The molecule has 3 rings (SSSR count). The van der Waals surface area contributed by atoms with Crippen molar-refractivity contribution in [2.45, 2.75) is 50.4 Å². The maximum absolute atomic E-state index is 11.9. The van der Waals surface area contributed by atoms with E-state index < -0.39 is 12.0 Å². The molecule has 23 heavy (non-hydrogen) atoms. The maximum atomic E-state index is 11.9. The zero-order valence-corrected chi connectivity index (χ0v) is 13.6. The second-order valence-corrected chi connectivity index (χ2v) is 6.47. The molecule has 1 aliphatic carbocycles. The van der Waals surface area contributed by atoms with E-state index in [9.17, 15) is 9.90 Å². The molecule has 126 valence electrons. The molecule has 1 saturated carbocycles. The van der Waals surface area contributed by atoms with Crippen LogP contribution in [0.25, 0.3) is 0 Å². The summed E-state index contributed by atoms with van der Waals surface area (Å²) in [6.07, 6.45) is 6.09. The fourth-order valence-corrected chi connectivity index (χ4v) is 3.41. The van der Waals surface area contributed by atoms with Crippen LogP contribution in [0.5, 0.6) is 5.75 Å². The molecule has 0 radical (unpaired) electrons. The molecule has 1 heterocycles. The first-order valence-electron chi connectivity index (χ1n) is 8.43. The van der Waals surface area contributed by atoms with Crippen molar-refractivity contribution in [3.63, 3.8) is 0 Å². The average Bonchev–Trinajstić information content (AvgIpc) is 2.51. The molecule has 1 saturated heterocycles. The van der Waals surface area contributed by atoms with Gasteiger partial charge in [-0.25, -0.2) is 0 Å². The Morgan fingerprint density at radius 2 is 2.04 bits per heavy atom. The smallest absolute Gasteiger partial charge is 0.325 e. The Labute approximate surface area is 137 Å². The lowest BCUT2D eigenvalue weighted by Gasteiger charge is -2.39. The highest BCUT2D eigenvalue weighted by molar-refractivity contribution is 5.75. The van der Waals surface area contributed by atoms with Crippen molar-refractivity contribution in [2.75, 3.05) is 20.2 Å². The lowest BCUT2D eigenvalue weighted by molar-refractivity contribution is -0.146. The summed E-state index contributed by atoms with van der Waals surface area (Å²) in [5.41, 5.74) is 0.765. The zero-order chi connectivity index (χ0) is 16.2. The third-order valence-corrected chi connectivity index (χ3v) is 4.86. The fraction of sp³-hybridized carbons (Fsp3) is 0.611. The van der Waals surface area contributed by atoms with E-state index in [-0.39, 0.29) is 6.10 Å². The van der Waals surface area contributed by atoms with Gasteiger partial charge in [-0.3, -0.25) is 9.69 Å². The fourth-order valence-electron chi connectivity index (χ4n) is 3.41. The van der Waals surface area contributed by atoms with Crippen LogP contribution in [0.3, 0.4) is 0 Å². The summed E-state index contributed by atoms with van der Waals surface area (Å²) < 4.78 is 11.3. The van der Waals surface area contributed by atoms with Crippen LogP contribution in [-0.2, 0) is 9.53 Å². The Morgan fingerprint density at radius 3 is 2.70 bits per heavy atom. The molecule has 1 aromatic carbocycles. The quantitative estimate of drug-likeness (QED) is 0.874. The SMILES string of the molecule is COc1cccc(C(C(=O)O)N2CCCC(OC3CCC3)C2)c1. The van der Waals surface area contributed by atoms with Crippen LogP contribution in [0.4, 0.5) is 0 Å². The van der Waals surface area contributed by atoms with Crippen LogP contribution in [0, 0.1) is 0 Å². The Kier molecular flexibility index (Phi) is 5.18. The normalized spacial score (nSPS) is 24.0. The van der Waals surface area contributed by atoms with Crippen molar-refractivity contribution in [3.8, 4) is 5.75 Å². The number of ether oxygens (including phenoxy) is 2. The Balaban J connectivity index is 1.72. The monoisotopic (exact) mass is 319 g/mol. The molecule has 2 aliphatic rings. The molecule has 2 unspecified atom stereocenters. The van der Waals surface area contributed by atoms with Crippen LogP contribution in [-0.4, -0.2) is 48.4 Å². The zero-order valence-electron chi connectivity index (χ0n) is 13.6. The number of nitrogens with zero attached hydrogens (tertiary/aromatic N) is 1. The molecular weight excluding hydrogens is 294 g/mol. The number of benzene rings is 1. The first kappa shape index (κ1) is 16.3. The van der Waals surface area contributed by atoms with E-state index in [0.717, 1.165) is 37.8 Å². The van der Waals surface area contributed by atoms with Gasteiger partial charge in [-0.05, 0) is 56.3 Å². The minimum absolute atomic E-state index is 0.154. The van der Waals surface area contributed by atoms with Gasteiger partial charge in [-0.1, -0.05) is 12.1 Å². The van der Waals surface area contributed by atoms with Gasteiger partial charge in [0, 0.05) is 6.54 Å². The summed E-state index contributed by atoms with van der Waals surface area (Å²) in [4.78, 5) is 13.9. The molecule has 2 atom stereocenters. The number of rotatable bonds is 6. The van der Waals surface area contributed by atoms with Crippen molar-refractivity contribution >= 4 is 5.97 Å². The van der Waals surface area contributed by atoms with Gasteiger partial charge in [0.05, 0.1) is 19.3 Å². The molecule has 0 aromatic heterocycles. The maximum Gasteiger partial charge on any atom is 0.325 e. The number of carboxylic acids is 1.